The molecule has 0 aliphatic rings. The maximum absolute atomic E-state index is 12.0. The second-order valence-corrected chi connectivity index (χ2v) is 5.66. The number of rotatable bonds is 7. The molecule has 0 heterocycles. The van der Waals surface area contributed by atoms with Crippen molar-refractivity contribution in [2.75, 3.05) is 18.5 Å². The Morgan fingerprint density at radius 2 is 1.71 bits per heavy atom. The fourth-order valence-corrected chi connectivity index (χ4v) is 2.14. The molecule has 2 N–H and O–H groups in total. The number of urea groups is 1. The van der Waals surface area contributed by atoms with E-state index in [-0.39, 0.29) is 12.1 Å². The average Bonchev–Trinajstić information content (AvgIpc) is 2.54. The summed E-state index contributed by atoms with van der Waals surface area (Å²) in [5.74, 6) is 1.48. The molecular formula is C19H24N2O3. The van der Waals surface area contributed by atoms with Crippen LogP contribution in [-0.4, -0.2) is 25.3 Å². The number of ether oxygens (including phenoxy) is 2. The molecule has 0 atom stereocenters. The minimum absolute atomic E-state index is 0.0403. The molecule has 0 saturated heterocycles. The lowest BCUT2D eigenvalue weighted by Gasteiger charge is -2.15. The Bertz CT molecular complexity index is 671. The summed E-state index contributed by atoms with van der Waals surface area (Å²) in [6.07, 6.45) is 0.0403. The van der Waals surface area contributed by atoms with Crippen molar-refractivity contribution >= 4 is 11.7 Å². The SMILES string of the molecule is Cc1ccccc1OCCNC(=O)Nc1ccccc1OC(C)C. The largest absolute Gasteiger partial charge is 0.491 e. The molecule has 0 radical (unpaired) electrons. The summed E-state index contributed by atoms with van der Waals surface area (Å²) in [7, 11) is 0. The summed E-state index contributed by atoms with van der Waals surface area (Å²) in [4.78, 5) is 12.0. The van der Waals surface area contributed by atoms with E-state index in [9.17, 15) is 4.79 Å². The number of para-hydroxylation sites is 3. The molecule has 2 rings (SSSR count). The standard InChI is InChI=1S/C19H24N2O3/c1-14(2)24-18-11-7-5-9-16(18)21-19(22)20-12-13-23-17-10-6-4-8-15(17)3/h4-11,14H,12-13H2,1-3H3,(H2,20,21,22). The van der Waals surface area contributed by atoms with Crippen LogP contribution in [0.1, 0.15) is 19.4 Å². The Labute approximate surface area is 143 Å². The topological polar surface area (TPSA) is 59.6 Å². The molecule has 0 spiro atoms. The number of aryl methyl sites for hydroxylation is 1. The maximum Gasteiger partial charge on any atom is 0.319 e. The van der Waals surface area contributed by atoms with Gasteiger partial charge in [0.25, 0.3) is 0 Å². The molecule has 0 unspecified atom stereocenters. The number of benzene rings is 2. The number of amides is 2. The third-order valence-electron chi connectivity index (χ3n) is 3.24. The second kappa shape index (κ2) is 8.82. The zero-order chi connectivity index (χ0) is 17.4. The fourth-order valence-electron chi connectivity index (χ4n) is 2.14. The van der Waals surface area contributed by atoms with E-state index in [1.807, 2.05) is 63.2 Å². The molecule has 0 fully saturated rings. The molecule has 128 valence electrons. The van der Waals surface area contributed by atoms with Crippen LogP contribution in [0.2, 0.25) is 0 Å². The van der Waals surface area contributed by atoms with Crippen LogP contribution in [0.25, 0.3) is 0 Å². The monoisotopic (exact) mass is 328 g/mol. The molecule has 2 aromatic rings. The maximum atomic E-state index is 12.0. The Balaban J connectivity index is 1.79. The van der Waals surface area contributed by atoms with Gasteiger partial charge < -0.3 is 20.1 Å². The van der Waals surface area contributed by atoms with Crippen LogP contribution in [0.4, 0.5) is 10.5 Å². The zero-order valence-electron chi connectivity index (χ0n) is 14.3. The van der Waals surface area contributed by atoms with Gasteiger partial charge in [-0.1, -0.05) is 30.3 Å². The van der Waals surface area contributed by atoms with Crippen LogP contribution < -0.4 is 20.1 Å². The number of hydrogen-bond donors (Lipinski definition) is 2. The Hall–Kier alpha value is -2.69. The minimum Gasteiger partial charge on any atom is -0.491 e. The van der Waals surface area contributed by atoms with Gasteiger partial charge in [0.15, 0.2) is 0 Å². The molecule has 0 aliphatic heterocycles. The van der Waals surface area contributed by atoms with Gasteiger partial charge in [-0.15, -0.1) is 0 Å². The predicted molar refractivity (Wildman–Crippen MR) is 95.9 cm³/mol. The lowest BCUT2D eigenvalue weighted by atomic mass is 10.2. The number of nitrogens with one attached hydrogen (secondary N) is 2. The summed E-state index contributed by atoms with van der Waals surface area (Å²) in [6.45, 7) is 6.69. The molecule has 5 nitrogen and oxygen atoms in total. The highest BCUT2D eigenvalue weighted by atomic mass is 16.5. The van der Waals surface area contributed by atoms with Crippen LogP contribution in [0, 0.1) is 6.92 Å². The van der Waals surface area contributed by atoms with Crippen LogP contribution in [0.5, 0.6) is 11.5 Å². The van der Waals surface area contributed by atoms with Gasteiger partial charge in [-0.05, 0) is 44.5 Å². The van der Waals surface area contributed by atoms with E-state index in [2.05, 4.69) is 10.6 Å². The van der Waals surface area contributed by atoms with Crippen molar-refractivity contribution in [2.45, 2.75) is 26.9 Å². The second-order valence-electron chi connectivity index (χ2n) is 5.66. The smallest absolute Gasteiger partial charge is 0.319 e. The van der Waals surface area contributed by atoms with E-state index in [1.165, 1.54) is 0 Å². The van der Waals surface area contributed by atoms with Gasteiger partial charge in [0.2, 0.25) is 0 Å². The first-order chi connectivity index (χ1) is 11.6. The number of carbonyl (C=O) groups is 1. The summed E-state index contributed by atoms with van der Waals surface area (Å²) < 4.78 is 11.3. The first kappa shape index (κ1) is 17.7. The number of hydrogen-bond acceptors (Lipinski definition) is 3. The first-order valence-corrected chi connectivity index (χ1v) is 8.05. The Morgan fingerprint density at radius 3 is 2.42 bits per heavy atom. The summed E-state index contributed by atoms with van der Waals surface area (Å²) in [6, 6.07) is 14.9. The molecule has 0 aromatic heterocycles. The van der Waals surface area contributed by atoms with Crippen molar-refractivity contribution < 1.29 is 14.3 Å². The van der Waals surface area contributed by atoms with E-state index in [1.54, 1.807) is 6.07 Å². The average molecular weight is 328 g/mol. The minimum atomic E-state index is -0.289. The highest BCUT2D eigenvalue weighted by Crippen LogP contribution is 2.24. The highest BCUT2D eigenvalue weighted by molar-refractivity contribution is 5.90. The molecule has 0 bridgehead atoms. The summed E-state index contributed by atoms with van der Waals surface area (Å²) >= 11 is 0. The first-order valence-electron chi connectivity index (χ1n) is 8.05. The van der Waals surface area contributed by atoms with Gasteiger partial charge >= 0.3 is 6.03 Å². The number of anilines is 1. The van der Waals surface area contributed by atoms with Gasteiger partial charge in [-0.2, -0.15) is 0 Å². The van der Waals surface area contributed by atoms with Crippen LogP contribution >= 0.6 is 0 Å². The Kier molecular flexibility index (Phi) is 6.49. The molecule has 2 aromatic carbocycles. The van der Waals surface area contributed by atoms with Crippen molar-refractivity contribution in [3.8, 4) is 11.5 Å². The lowest BCUT2D eigenvalue weighted by molar-refractivity contribution is 0.240. The van der Waals surface area contributed by atoms with Gasteiger partial charge in [0.1, 0.15) is 18.1 Å². The van der Waals surface area contributed by atoms with E-state index in [4.69, 9.17) is 9.47 Å². The fraction of sp³-hybridized carbons (Fsp3) is 0.316. The van der Waals surface area contributed by atoms with E-state index >= 15 is 0 Å². The van der Waals surface area contributed by atoms with Crippen molar-refractivity contribution in [1.82, 2.24) is 5.32 Å². The van der Waals surface area contributed by atoms with E-state index in [0.29, 0.717) is 24.6 Å². The summed E-state index contributed by atoms with van der Waals surface area (Å²) in [5.41, 5.74) is 1.71. The highest BCUT2D eigenvalue weighted by Gasteiger charge is 2.08. The van der Waals surface area contributed by atoms with Crippen LogP contribution in [0.3, 0.4) is 0 Å². The van der Waals surface area contributed by atoms with Gasteiger partial charge in [0, 0.05) is 0 Å². The van der Waals surface area contributed by atoms with Crippen molar-refractivity contribution in [2.24, 2.45) is 0 Å². The third kappa shape index (κ3) is 5.50. The van der Waals surface area contributed by atoms with Crippen molar-refractivity contribution in [1.29, 1.82) is 0 Å². The molecule has 5 heteroatoms. The number of carbonyl (C=O) groups excluding carboxylic acids is 1. The Morgan fingerprint density at radius 1 is 1.04 bits per heavy atom. The van der Waals surface area contributed by atoms with Gasteiger partial charge in [-0.25, -0.2) is 4.79 Å². The lowest BCUT2D eigenvalue weighted by Crippen LogP contribution is -2.32. The van der Waals surface area contributed by atoms with Crippen molar-refractivity contribution in [3.63, 3.8) is 0 Å². The normalized spacial score (nSPS) is 10.3. The molecule has 2 amide bonds. The van der Waals surface area contributed by atoms with Crippen LogP contribution in [-0.2, 0) is 0 Å². The third-order valence-corrected chi connectivity index (χ3v) is 3.24. The van der Waals surface area contributed by atoms with Crippen molar-refractivity contribution in [3.05, 3.63) is 54.1 Å². The quantitative estimate of drug-likeness (QED) is 0.756. The molecule has 0 aliphatic carbocycles. The zero-order valence-corrected chi connectivity index (χ0v) is 14.3. The van der Waals surface area contributed by atoms with E-state index in [0.717, 1.165) is 11.3 Å². The summed E-state index contributed by atoms with van der Waals surface area (Å²) in [5, 5.41) is 5.57. The molecule has 24 heavy (non-hydrogen) atoms. The molecule has 0 saturated carbocycles. The molecular weight excluding hydrogens is 304 g/mol. The van der Waals surface area contributed by atoms with E-state index < -0.39 is 0 Å². The van der Waals surface area contributed by atoms with Crippen LogP contribution in [0.15, 0.2) is 48.5 Å². The van der Waals surface area contributed by atoms with Gasteiger partial charge in [-0.3, -0.25) is 0 Å². The predicted octanol–water partition coefficient (Wildman–Crippen LogP) is 3.98. The van der Waals surface area contributed by atoms with Gasteiger partial charge in [0.05, 0.1) is 18.3 Å².